The number of benzene rings is 2. The fourth-order valence-electron chi connectivity index (χ4n) is 3.03. The molecule has 0 atom stereocenters. The van der Waals surface area contributed by atoms with Crippen LogP contribution in [0.2, 0.25) is 5.02 Å². The molecule has 0 bridgehead atoms. The molecule has 0 aliphatic carbocycles. The lowest BCUT2D eigenvalue weighted by molar-refractivity contribution is -0.386. The Labute approximate surface area is 192 Å². The monoisotopic (exact) mass is 467 g/mol. The van der Waals surface area contributed by atoms with E-state index in [0.29, 0.717) is 17.3 Å². The first-order chi connectivity index (χ1) is 15.9. The Morgan fingerprint density at radius 1 is 1.24 bits per heavy atom. The molecule has 0 aliphatic rings. The minimum atomic E-state index is -0.539. The summed E-state index contributed by atoms with van der Waals surface area (Å²) in [4.78, 5) is 27.2. The molecule has 2 aromatic carbocycles. The lowest BCUT2D eigenvalue weighted by atomic mass is 10.2. The molecule has 4 aromatic rings. The molecule has 0 saturated heterocycles. The topological polar surface area (TPSA) is 125 Å². The van der Waals surface area contributed by atoms with Gasteiger partial charge in [-0.05, 0) is 48.4 Å². The van der Waals surface area contributed by atoms with E-state index in [2.05, 4.69) is 15.4 Å². The van der Waals surface area contributed by atoms with Gasteiger partial charge in [0.05, 0.1) is 11.5 Å². The Kier molecular flexibility index (Phi) is 6.36. The number of aromatic nitrogens is 3. The molecule has 4 rings (SSSR count). The number of nitrogens with zero attached hydrogens (tertiary/aromatic N) is 4. The summed E-state index contributed by atoms with van der Waals surface area (Å²) in [6.45, 7) is 2.11. The lowest BCUT2D eigenvalue weighted by Crippen LogP contribution is -2.12. The maximum absolute atomic E-state index is 12.5. The smallest absolute Gasteiger partial charge is 0.311 e. The van der Waals surface area contributed by atoms with E-state index in [-0.39, 0.29) is 29.8 Å². The fraction of sp³-hybridized carbons (Fsp3) is 0.136. The van der Waals surface area contributed by atoms with Crippen molar-refractivity contribution < 1.29 is 18.9 Å². The minimum Gasteiger partial charge on any atom is -0.479 e. The average Bonchev–Trinajstić information content (AvgIpc) is 3.42. The summed E-state index contributed by atoms with van der Waals surface area (Å²) < 4.78 is 12.6. The third-order valence-corrected chi connectivity index (χ3v) is 4.80. The summed E-state index contributed by atoms with van der Waals surface area (Å²) in [7, 11) is 0. The zero-order chi connectivity index (χ0) is 23.4. The maximum Gasteiger partial charge on any atom is 0.311 e. The number of furan rings is 1. The summed E-state index contributed by atoms with van der Waals surface area (Å²) in [6.07, 6.45) is 1.49. The van der Waals surface area contributed by atoms with E-state index in [1.54, 1.807) is 29.8 Å². The molecule has 2 heterocycles. The SMILES string of the molecule is Cc1ccc(OCc2ccc(C(=O)Nc3ncn(Cc4cccc(Cl)c4)n3)o2)c([N+](=O)[O-])c1. The van der Waals surface area contributed by atoms with Gasteiger partial charge in [0.1, 0.15) is 18.7 Å². The summed E-state index contributed by atoms with van der Waals surface area (Å²) in [5.41, 5.74) is 1.54. The number of anilines is 1. The van der Waals surface area contributed by atoms with Crippen LogP contribution in [0.25, 0.3) is 0 Å². The van der Waals surface area contributed by atoms with Crippen molar-refractivity contribution in [2.24, 2.45) is 0 Å². The van der Waals surface area contributed by atoms with Crippen LogP contribution in [0.3, 0.4) is 0 Å². The highest BCUT2D eigenvalue weighted by Crippen LogP contribution is 2.28. The zero-order valence-electron chi connectivity index (χ0n) is 17.4. The first kappa shape index (κ1) is 22.0. The van der Waals surface area contributed by atoms with Crippen molar-refractivity contribution in [1.29, 1.82) is 0 Å². The van der Waals surface area contributed by atoms with Gasteiger partial charge < -0.3 is 9.15 Å². The Morgan fingerprint density at radius 3 is 2.88 bits per heavy atom. The Morgan fingerprint density at radius 2 is 2.09 bits per heavy atom. The molecule has 1 amide bonds. The van der Waals surface area contributed by atoms with Crippen LogP contribution in [0.1, 0.15) is 27.4 Å². The third kappa shape index (κ3) is 5.55. The molecule has 0 unspecified atom stereocenters. The summed E-state index contributed by atoms with van der Waals surface area (Å²) in [5, 5.41) is 18.6. The molecular weight excluding hydrogens is 450 g/mol. The van der Waals surface area contributed by atoms with E-state index >= 15 is 0 Å². The van der Waals surface area contributed by atoms with Crippen molar-refractivity contribution in [3.63, 3.8) is 0 Å². The highest BCUT2D eigenvalue weighted by atomic mass is 35.5. The predicted molar refractivity (Wildman–Crippen MR) is 119 cm³/mol. The summed E-state index contributed by atoms with van der Waals surface area (Å²) in [5.74, 6) is 0.0460. The number of hydrogen-bond acceptors (Lipinski definition) is 7. The quantitative estimate of drug-likeness (QED) is 0.296. The third-order valence-electron chi connectivity index (χ3n) is 4.56. The van der Waals surface area contributed by atoms with Gasteiger partial charge in [-0.2, -0.15) is 0 Å². The first-order valence-electron chi connectivity index (χ1n) is 9.79. The number of nitro groups is 1. The molecule has 168 valence electrons. The number of carbonyl (C=O) groups excluding carboxylic acids is 1. The van der Waals surface area contributed by atoms with Crippen LogP contribution < -0.4 is 10.1 Å². The number of carbonyl (C=O) groups is 1. The van der Waals surface area contributed by atoms with Crippen LogP contribution in [-0.4, -0.2) is 25.6 Å². The molecule has 0 radical (unpaired) electrons. The van der Waals surface area contributed by atoms with Crippen molar-refractivity contribution in [3.8, 4) is 5.75 Å². The van der Waals surface area contributed by atoms with E-state index in [0.717, 1.165) is 11.1 Å². The van der Waals surface area contributed by atoms with Crippen LogP contribution in [0, 0.1) is 17.0 Å². The maximum atomic E-state index is 12.5. The molecule has 0 aliphatic heterocycles. The fourth-order valence-corrected chi connectivity index (χ4v) is 3.25. The lowest BCUT2D eigenvalue weighted by Gasteiger charge is -2.05. The van der Waals surface area contributed by atoms with Crippen LogP contribution in [0.5, 0.6) is 5.75 Å². The average molecular weight is 468 g/mol. The van der Waals surface area contributed by atoms with Gasteiger partial charge in [-0.1, -0.05) is 29.8 Å². The second kappa shape index (κ2) is 9.53. The van der Waals surface area contributed by atoms with Crippen LogP contribution in [0.4, 0.5) is 11.6 Å². The second-order valence-corrected chi connectivity index (χ2v) is 7.57. The summed E-state index contributed by atoms with van der Waals surface area (Å²) in [6, 6.07) is 15.0. The van der Waals surface area contributed by atoms with Gasteiger partial charge in [0, 0.05) is 11.1 Å². The van der Waals surface area contributed by atoms with Gasteiger partial charge >= 0.3 is 5.69 Å². The number of nitrogens with one attached hydrogen (secondary N) is 1. The van der Waals surface area contributed by atoms with E-state index in [1.807, 2.05) is 18.2 Å². The molecule has 0 fully saturated rings. The van der Waals surface area contributed by atoms with Crippen molar-refractivity contribution >= 4 is 29.1 Å². The van der Waals surface area contributed by atoms with Gasteiger partial charge in [0.2, 0.25) is 5.95 Å². The second-order valence-electron chi connectivity index (χ2n) is 7.13. The van der Waals surface area contributed by atoms with Crippen molar-refractivity contribution in [1.82, 2.24) is 14.8 Å². The van der Waals surface area contributed by atoms with Gasteiger partial charge in [0.25, 0.3) is 5.91 Å². The number of halogens is 1. The molecule has 33 heavy (non-hydrogen) atoms. The number of ether oxygens (including phenoxy) is 1. The minimum absolute atomic E-state index is 0.0261. The molecule has 2 aromatic heterocycles. The van der Waals surface area contributed by atoms with Crippen LogP contribution in [-0.2, 0) is 13.2 Å². The summed E-state index contributed by atoms with van der Waals surface area (Å²) >= 11 is 5.99. The molecule has 0 saturated carbocycles. The Bertz CT molecular complexity index is 1320. The highest BCUT2D eigenvalue weighted by molar-refractivity contribution is 6.30. The Hall–Kier alpha value is -4.18. The zero-order valence-corrected chi connectivity index (χ0v) is 18.2. The number of amides is 1. The predicted octanol–water partition coefficient (Wildman–Crippen LogP) is 4.62. The van der Waals surface area contributed by atoms with Gasteiger partial charge in [0.15, 0.2) is 11.5 Å². The number of nitro benzene ring substituents is 1. The standard InChI is InChI=1S/C22H18ClN5O5/c1-14-5-7-19(18(9-14)28(30)31)32-12-17-6-8-20(33-17)21(29)25-22-24-13-27(26-22)11-15-3-2-4-16(23)10-15/h2-10,13H,11-12H2,1H3,(H,25,26,29). The van der Waals surface area contributed by atoms with E-state index in [4.69, 9.17) is 20.8 Å². The van der Waals surface area contributed by atoms with Crippen molar-refractivity contribution in [3.05, 3.63) is 98.7 Å². The highest BCUT2D eigenvalue weighted by Gasteiger charge is 2.17. The van der Waals surface area contributed by atoms with E-state index < -0.39 is 10.8 Å². The van der Waals surface area contributed by atoms with Crippen LogP contribution >= 0.6 is 11.6 Å². The van der Waals surface area contributed by atoms with Crippen molar-refractivity contribution in [2.75, 3.05) is 5.32 Å². The number of hydrogen-bond donors (Lipinski definition) is 1. The van der Waals surface area contributed by atoms with Gasteiger partial charge in [-0.25, -0.2) is 9.67 Å². The number of aryl methyl sites for hydroxylation is 1. The molecule has 0 spiro atoms. The van der Waals surface area contributed by atoms with E-state index in [9.17, 15) is 14.9 Å². The van der Waals surface area contributed by atoms with Gasteiger partial charge in [-0.15, -0.1) is 5.10 Å². The van der Waals surface area contributed by atoms with E-state index in [1.165, 1.54) is 24.5 Å². The molecule has 10 nitrogen and oxygen atoms in total. The molecular formula is C22H18ClN5O5. The Balaban J connectivity index is 1.36. The number of rotatable bonds is 8. The largest absolute Gasteiger partial charge is 0.479 e. The normalized spacial score (nSPS) is 10.7. The molecule has 11 heteroatoms. The van der Waals surface area contributed by atoms with Crippen LogP contribution in [0.15, 0.2) is 65.3 Å². The van der Waals surface area contributed by atoms with Gasteiger partial charge in [-0.3, -0.25) is 20.2 Å². The molecule has 1 N–H and O–H groups in total. The van der Waals surface area contributed by atoms with Crippen molar-refractivity contribution in [2.45, 2.75) is 20.1 Å². The first-order valence-corrected chi connectivity index (χ1v) is 10.2.